The Hall–Kier alpha value is -0.960. The Bertz CT molecular complexity index is 615. The van der Waals surface area contributed by atoms with Crippen LogP contribution in [0.3, 0.4) is 0 Å². The lowest BCUT2D eigenvalue weighted by Gasteiger charge is -2.27. The summed E-state index contributed by atoms with van der Waals surface area (Å²) in [4.78, 5) is 15.6. The molecule has 1 aliphatic rings. The number of alkyl halides is 3. The van der Waals surface area contributed by atoms with Gasteiger partial charge < -0.3 is 15.4 Å². The van der Waals surface area contributed by atoms with E-state index in [0.717, 1.165) is 32.0 Å². The van der Waals surface area contributed by atoms with E-state index in [1.54, 1.807) is 0 Å². The summed E-state index contributed by atoms with van der Waals surface area (Å²) >= 11 is 5.75. The maximum absolute atomic E-state index is 12.5. The van der Waals surface area contributed by atoms with Crippen molar-refractivity contribution in [2.24, 2.45) is 11.8 Å². The highest BCUT2D eigenvalue weighted by molar-refractivity contribution is 6.31. The van der Waals surface area contributed by atoms with Crippen molar-refractivity contribution in [3.8, 4) is 5.88 Å². The van der Waals surface area contributed by atoms with Gasteiger partial charge in [0.1, 0.15) is 11.6 Å². The first-order chi connectivity index (χ1) is 12.3. The van der Waals surface area contributed by atoms with Crippen molar-refractivity contribution < 1.29 is 22.7 Å². The van der Waals surface area contributed by atoms with Crippen LogP contribution in [0.1, 0.15) is 31.7 Å². The summed E-state index contributed by atoms with van der Waals surface area (Å²) in [5.74, 6) is 0.709. The molecular weight excluding hydrogens is 442 g/mol. The third-order valence-electron chi connectivity index (χ3n) is 4.49. The smallest absolute Gasteiger partial charge is 0.417 e. The highest BCUT2D eigenvalue weighted by atomic mass is 35.5. The van der Waals surface area contributed by atoms with Gasteiger partial charge in [-0.1, -0.05) is 18.5 Å². The van der Waals surface area contributed by atoms with Crippen LogP contribution < -0.4 is 15.4 Å². The Morgan fingerprint density at radius 1 is 1.39 bits per heavy atom. The molecule has 0 bridgehead atoms. The second-order valence-electron chi connectivity index (χ2n) is 6.48. The van der Waals surface area contributed by atoms with Crippen molar-refractivity contribution in [2.45, 2.75) is 32.4 Å². The molecule has 2 N–H and O–H groups in total. The van der Waals surface area contributed by atoms with Crippen molar-refractivity contribution in [1.29, 1.82) is 0 Å². The van der Waals surface area contributed by atoms with Crippen LogP contribution >= 0.6 is 36.4 Å². The Kier molecular flexibility index (Phi) is 12.1. The first kappa shape index (κ1) is 27.0. The van der Waals surface area contributed by atoms with E-state index < -0.39 is 11.7 Å². The third-order valence-corrected chi connectivity index (χ3v) is 4.76. The highest BCUT2D eigenvalue weighted by Gasteiger charge is 2.31. The molecule has 0 radical (unpaired) electrons. The number of nitrogens with zero attached hydrogens (tertiary/aromatic N) is 1. The largest absolute Gasteiger partial charge is 0.475 e. The van der Waals surface area contributed by atoms with E-state index in [4.69, 9.17) is 16.3 Å². The minimum atomic E-state index is -4.51. The molecule has 28 heavy (non-hydrogen) atoms. The topological polar surface area (TPSA) is 63.2 Å². The van der Waals surface area contributed by atoms with Gasteiger partial charge in [0, 0.05) is 12.6 Å². The fourth-order valence-corrected chi connectivity index (χ4v) is 3.19. The summed E-state index contributed by atoms with van der Waals surface area (Å²) in [6.07, 6.45) is -1.23. The second-order valence-corrected chi connectivity index (χ2v) is 6.88. The summed E-state index contributed by atoms with van der Waals surface area (Å²) in [6, 6.07) is 0.767. The molecule has 1 saturated heterocycles. The van der Waals surface area contributed by atoms with E-state index in [9.17, 15) is 18.0 Å². The van der Waals surface area contributed by atoms with Crippen molar-refractivity contribution in [3.05, 3.63) is 22.8 Å². The Morgan fingerprint density at radius 3 is 2.61 bits per heavy atom. The van der Waals surface area contributed by atoms with Gasteiger partial charge in [-0.2, -0.15) is 13.2 Å². The maximum atomic E-state index is 12.5. The Balaban J connectivity index is 0.00000364. The molecule has 2 heterocycles. The van der Waals surface area contributed by atoms with Crippen molar-refractivity contribution in [3.63, 3.8) is 0 Å². The molecule has 0 aliphatic carbocycles. The molecule has 11 heteroatoms. The minimum absolute atomic E-state index is 0. The van der Waals surface area contributed by atoms with Crippen LogP contribution in [-0.4, -0.2) is 37.1 Å². The number of piperidine rings is 1. The van der Waals surface area contributed by atoms with Gasteiger partial charge in [-0.05, 0) is 43.8 Å². The average molecular weight is 467 g/mol. The lowest BCUT2D eigenvalue weighted by Crippen LogP contribution is -2.34. The molecule has 0 spiro atoms. The number of halogens is 6. The minimum Gasteiger partial charge on any atom is -0.475 e. The van der Waals surface area contributed by atoms with Crippen LogP contribution in [0.2, 0.25) is 5.02 Å². The van der Waals surface area contributed by atoms with Crippen LogP contribution in [0.4, 0.5) is 13.2 Å². The number of nitrogens with one attached hydrogen (secondary N) is 2. The van der Waals surface area contributed by atoms with Crippen molar-refractivity contribution >= 4 is 42.3 Å². The van der Waals surface area contributed by atoms with Gasteiger partial charge in [0.15, 0.2) is 0 Å². The number of ether oxygens (including phenoxy) is 1. The first-order valence-corrected chi connectivity index (χ1v) is 8.98. The SMILES string of the molecule is CC(CC(=O)NCCOc1ncc(C(F)(F)F)cc1Cl)C1CCNCC1.Cl.Cl. The molecule has 1 fully saturated rings. The number of carbonyl (C=O) groups excluding carboxylic acids is 1. The fourth-order valence-electron chi connectivity index (χ4n) is 2.97. The van der Waals surface area contributed by atoms with Crippen LogP contribution in [0, 0.1) is 11.8 Å². The van der Waals surface area contributed by atoms with Crippen molar-refractivity contribution in [1.82, 2.24) is 15.6 Å². The lowest BCUT2D eigenvalue weighted by molar-refractivity contribution is -0.137. The van der Waals surface area contributed by atoms with E-state index in [-0.39, 0.29) is 54.8 Å². The highest BCUT2D eigenvalue weighted by Crippen LogP contribution is 2.33. The number of pyridine rings is 1. The standard InChI is InChI=1S/C17H23ClF3N3O2.2ClH/c1-11(12-2-4-22-5-3-12)8-15(25)23-6-7-26-16-14(18)9-13(10-24-16)17(19,20)21;;/h9-12,22H,2-8H2,1H3,(H,23,25);2*1H. The molecule has 2 rings (SSSR count). The van der Waals surface area contributed by atoms with E-state index in [2.05, 4.69) is 22.5 Å². The number of carbonyl (C=O) groups is 1. The van der Waals surface area contributed by atoms with Crippen molar-refractivity contribution in [2.75, 3.05) is 26.2 Å². The lowest BCUT2D eigenvalue weighted by atomic mass is 9.84. The van der Waals surface area contributed by atoms with Crippen LogP contribution in [-0.2, 0) is 11.0 Å². The van der Waals surface area contributed by atoms with Gasteiger partial charge in [-0.3, -0.25) is 4.79 Å². The van der Waals surface area contributed by atoms with E-state index in [1.807, 2.05) is 0 Å². The number of hydrogen-bond acceptors (Lipinski definition) is 4. The zero-order chi connectivity index (χ0) is 19.2. The monoisotopic (exact) mass is 465 g/mol. The Labute approximate surface area is 180 Å². The normalized spacial score (nSPS) is 15.8. The van der Waals surface area contributed by atoms with Gasteiger partial charge in [0.25, 0.3) is 0 Å². The second kappa shape index (κ2) is 12.6. The van der Waals surface area contributed by atoms with Gasteiger partial charge in [-0.15, -0.1) is 24.8 Å². The molecule has 1 atom stereocenters. The van der Waals surface area contributed by atoms with E-state index >= 15 is 0 Å². The molecule has 0 saturated carbocycles. The fraction of sp³-hybridized carbons (Fsp3) is 0.647. The Morgan fingerprint density at radius 2 is 2.04 bits per heavy atom. The number of hydrogen-bond donors (Lipinski definition) is 2. The molecule has 0 aromatic carbocycles. The molecule has 162 valence electrons. The number of amides is 1. The van der Waals surface area contributed by atoms with Crippen LogP contribution in [0.15, 0.2) is 12.3 Å². The van der Waals surface area contributed by atoms with Gasteiger partial charge >= 0.3 is 6.18 Å². The number of aromatic nitrogens is 1. The van der Waals surface area contributed by atoms with Gasteiger partial charge in [-0.25, -0.2) is 4.98 Å². The molecule has 1 unspecified atom stereocenters. The summed E-state index contributed by atoms with van der Waals surface area (Å²) in [6.45, 7) is 4.37. The van der Waals surface area contributed by atoms with Crippen LogP contribution in [0.25, 0.3) is 0 Å². The molecule has 1 aromatic heterocycles. The molecule has 5 nitrogen and oxygen atoms in total. The average Bonchev–Trinajstić information content (AvgIpc) is 2.59. The molecular formula is C17H25Cl3F3N3O2. The third kappa shape index (κ3) is 8.59. The zero-order valence-electron chi connectivity index (χ0n) is 15.4. The summed E-state index contributed by atoms with van der Waals surface area (Å²) in [7, 11) is 0. The van der Waals surface area contributed by atoms with Gasteiger partial charge in [0.05, 0.1) is 12.1 Å². The predicted octanol–water partition coefficient (Wildman–Crippen LogP) is 4.12. The summed E-state index contributed by atoms with van der Waals surface area (Å²) in [5, 5.41) is 5.83. The first-order valence-electron chi connectivity index (χ1n) is 8.60. The summed E-state index contributed by atoms with van der Waals surface area (Å²) in [5.41, 5.74) is -0.935. The van der Waals surface area contributed by atoms with Crippen LogP contribution in [0.5, 0.6) is 5.88 Å². The molecule has 1 aromatic rings. The maximum Gasteiger partial charge on any atom is 0.417 e. The quantitative estimate of drug-likeness (QED) is 0.594. The van der Waals surface area contributed by atoms with E-state index in [1.165, 1.54) is 0 Å². The summed E-state index contributed by atoms with van der Waals surface area (Å²) < 4.78 is 42.9. The zero-order valence-corrected chi connectivity index (χ0v) is 17.7. The van der Waals surface area contributed by atoms with E-state index in [0.29, 0.717) is 24.5 Å². The molecule has 1 amide bonds. The predicted molar refractivity (Wildman–Crippen MR) is 107 cm³/mol. The molecule has 1 aliphatic heterocycles. The van der Waals surface area contributed by atoms with Gasteiger partial charge in [0.2, 0.25) is 11.8 Å². The number of rotatable bonds is 7.